The SMILES string of the molecule is C[PH+](C)c1ccccc1.[Ir]. The minimum atomic E-state index is -0.212. The monoisotopic (exact) mass is 332 g/mol. The molecule has 1 radical (unpaired) electrons. The van der Waals surface area contributed by atoms with Crippen LogP contribution in [0.25, 0.3) is 0 Å². The molecular weight excluding hydrogens is 319 g/mol. The second kappa shape index (κ2) is 5.02. The van der Waals surface area contributed by atoms with E-state index < -0.39 is 0 Å². The third-order valence-corrected chi connectivity index (χ3v) is 2.84. The first-order chi connectivity index (χ1) is 4.30. The fourth-order valence-corrected chi connectivity index (χ4v) is 1.63. The van der Waals surface area contributed by atoms with Crippen LogP contribution in [0.1, 0.15) is 0 Å². The zero-order valence-electron chi connectivity index (χ0n) is 6.22. The van der Waals surface area contributed by atoms with Gasteiger partial charge in [-0.25, -0.2) is 0 Å². The Bertz CT molecular complexity index is 172. The molecule has 0 aliphatic heterocycles. The van der Waals surface area contributed by atoms with Gasteiger partial charge in [0.1, 0.15) is 0 Å². The molecule has 0 saturated carbocycles. The Kier molecular flexibility index (Phi) is 5.17. The van der Waals surface area contributed by atoms with Gasteiger partial charge in [-0.05, 0) is 12.1 Å². The molecule has 0 amide bonds. The normalized spacial score (nSPS) is 9.10. The molecule has 0 nitrogen and oxygen atoms in total. The Morgan fingerprint density at radius 1 is 1.00 bits per heavy atom. The van der Waals surface area contributed by atoms with E-state index in [9.17, 15) is 0 Å². The van der Waals surface area contributed by atoms with E-state index in [1.54, 1.807) is 0 Å². The van der Waals surface area contributed by atoms with Crippen molar-refractivity contribution < 1.29 is 20.1 Å². The molecule has 0 aliphatic carbocycles. The minimum absolute atomic E-state index is 0. The first kappa shape index (κ1) is 10.3. The van der Waals surface area contributed by atoms with Gasteiger partial charge in [-0.15, -0.1) is 0 Å². The third kappa shape index (κ3) is 2.92. The van der Waals surface area contributed by atoms with E-state index in [0.717, 1.165) is 0 Å². The Labute approximate surface area is 77.1 Å². The third-order valence-electron chi connectivity index (χ3n) is 1.35. The maximum absolute atomic E-state index is 2.31. The molecule has 0 heterocycles. The van der Waals surface area contributed by atoms with Crippen molar-refractivity contribution in [1.29, 1.82) is 0 Å². The molecule has 1 rings (SSSR count). The molecule has 0 aliphatic rings. The van der Waals surface area contributed by atoms with Gasteiger partial charge < -0.3 is 0 Å². The number of rotatable bonds is 1. The molecule has 1 aromatic carbocycles. The van der Waals surface area contributed by atoms with Gasteiger partial charge >= 0.3 is 0 Å². The Balaban J connectivity index is 0.000000810. The summed E-state index contributed by atoms with van der Waals surface area (Å²) in [4.78, 5) is 0. The maximum atomic E-state index is 2.31. The molecular formula is C8H12IrP+. The van der Waals surface area contributed by atoms with Crippen LogP contribution in [0.15, 0.2) is 30.3 Å². The molecule has 0 atom stereocenters. The van der Waals surface area contributed by atoms with Crippen LogP contribution in [0.4, 0.5) is 0 Å². The van der Waals surface area contributed by atoms with Gasteiger partial charge in [0.2, 0.25) is 0 Å². The van der Waals surface area contributed by atoms with Crippen molar-refractivity contribution >= 4 is 13.2 Å². The van der Waals surface area contributed by atoms with Gasteiger partial charge in [0.05, 0.1) is 18.6 Å². The predicted molar refractivity (Wildman–Crippen MR) is 46.2 cm³/mol. The van der Waals surface area contributed by atoms with Gasteiger partial charge in [-0.2, -0.15) is 0 Å². The smallest absolute Gasteiger partial charge is 0.0620 e. The van der Waals surface area contributed by atoms with Crippen LogP contribution in [-0.2, 0) is 20.1 Å². The van der Waals surface area contributed by atoms with E-state index in [1.165, 1.54) is 5.30 Å². The second-order valence-corrected chi connectivity index (χ2v) is 4.94. The van der Waals surface area contributed by atoms with E-state index in [-0.39, 0.29) is 28.0 Å². The quantitative estimate of drug-likeness (QED) is 0.688. The Morgan fingerprint density at radius 2 is 1.50 bits per heavy atom. The topological polar surface area (TPSA) is 0 Å². The van der Waals surface area contributed by atoms with Crippen LogP contribution in [0.5, 0.6) is 0 Å². The summed E-state index contributed by atoms with van der Waals surface area (Å²) in [5.41, 5.74) is 0. The van der Waals surface area contributed by atoms with E-state index in [0.29, 0.717) is 0 Å². The van der Waals surface area contributed by atoms with Gasteiger partial charge in [0.25, 0.3) is 0 Å². The molecule has 0 unspecified atom stereocenters. The fourth-order valence-electron chi connectivity index (χ4n) is 0.771. The summed E-state index contributed by atoms with van der Waals surface area (Å²) in [7, 11) is -0.212. The molecule has 57 valence electrons. The predicted octanol–water partition coefficient (Wildman–Crippen LogP) is 1.78. The number of hydrogen-bond acceptors (Lipinski definition) is 0. The molecule has 0 saturated heterocycles. The standard InChI is InChI=1S/C8H11P.Ir/c1-9(2)8-6-4-3-5-7-8;/h3-7H,1-2H3;/p+1. The zero-order chi connectivity index (χ0) is 6.69. The van der Waals surface area contributed by atoms with Gasteiger partial charge in [0, 0.05) is 28.0 Å². The van der Waals surface area contributed by atoms with E-state index in [1.807, 2.05) is 0 Å². The van der Waals surface area contributed by atoms with E-state index >= 15 is 0 Å². The average molecular weight is 331 g/mol. The molecule has 1 aromatic rings. The average Bonchev–Trinajstić information content (AvgIpc) is 1.90. The van der Waals surface area contributed by atoms with Crippen LogP contribution < -0.4 is 5.30 Å². The van der Waals surface area contributed by atoms with Crippen molar-refractivity contribution in [3.8, 4) is 0 Å². The largest absolute Gasteiger partial charge is 0.0908 e. The summed E-state index contributed by atoms with van der Waals surface area (Å²) in [5, 5.41) is 1.52. The van der Waals surface area contributed by atoms with Crippen LogP contribution >= 0.6 is 7.92 Å². The maximum Gasteiger partial charge on any atom is 0.0908 e. The van der Waals surface area contributed by atoms with Crippen LogP contribution in [-0.4, -0.2) is 13.3 Å². The van der Waals surface area contributed by atoms with E-state index in [2.05, 4.69) is 43.7 Å². The molecule has 0 aromatic heterocycles. The molecule has 0 N–H and O–H groups in total. The summed E-state index contributed by atoms with van der Waals surface area (Å²) in [6, 6.07) is 10.7. The Hall–Kier alpha value is 0.299. The van der Waals surface area contributed by atoms with E-state index in [4.69, 9.17) is 0 Å². The van der Waals surface area contributed by atoms with Gasteiger partial charge in [-0.3, -0.25) is 0 Å². The van der Waals surface area contributed by atoms with Crippen molar-refractivity contribution in [2.45, 2.75) is 0 Å². The van der Waals surface area contributed by atoms with Crippen molar-refractivity contribution in [3.63, 3.8) is 0 Å². The summed E-state index contributed by atoms with van der Waals surface area (Å²) >= 11 is 0. The number of hydrogen-bond donors (Lipinski definition) is 0. The molecule has 2 heteroatoms. The molecule has 10 heavy (non-hydrogen) atoms. The summed E-state index contributed by atoms with van der Waals surface area (Å²) < 4.78 is 0. The molecule has 0 spiro atoms. The summed E-state index contributed by atoms with van der Waals surface area (Å²) in [6.07, 6.45) is 0. The van der Waals surface area contributed by atoms with Gasteiger partial charge in [-0.1, -0.05) is 18.2 Å². The minimum Gasteiger partial charge on any atom is -0.0620 e. The zero-order valence-corrected chi connectivity index (χ0v) is 9.62. The van der Waals surface area contributed by atoms with Crippen molar-refractivity contribution in [3.05, 3.63) is 30.3 Å². The first-order valence-electron chi connectivity index (χ1n) is 3.16. The molecule has 0 fully saturated rings. The first-order valence-corrected chi connectivity index (χ1v) is 5.66. The van der Waals surface area contributed by atoms with Crippen molar-refractivity contribution in [1.82, 2.24) is 0 Å². The molecule has 0 bridgehead atoms. The summed E-state index contributed by atoms with van der Waals surface area (Å²) in [6.45, 7) is 4.61. The van der Waals surface area contributed by atoms with Crippen LogP contribution in [0.2, 0.25) is 0 Å². The summed E-state index contributed by atoms with van der Waals surface area (Å²) in [5.74, 6) is 0. The number of benzene rings is 1. The van der Waals surface area contributed by atoms with Crippen molar-refractivity contribution in [2.24, 2.45) is 0 Å². The van der Waals surface area contributed by atoms with Crippen molar-refractivity contribution in [2.75, 3.05) is 13.3 Å². The van der Waals surface area contributed by atoms with Crippen LogP contribution in [0.3, 0.4) is 0 Å². The fraction of sp³-hybridized carbons (Fsp3) is 0.250. The Morgan fingerprint density at radius 3 is 1.80 bits per heavy atom. The second-order valence-electron chi connectivity index (χ2n) is 2.37. The van der Waals surface area contributed by atoms with Crippen LogP contribution in [0, 0.1) is 0 Å². The van der Waals surface area contributed by atoms with Gasteiger partial charge in [0.15, 0.2) is 0 Å².